The van der Waals surface area contributed by atoms with Crippen molar-refractivity contribution in [2.75, 3.05) is 25.6 Å². The van der Waals surface area contributed by atoms with Gasteiger partial charge in [-0.15, -0.1) is 0 Å². The molecule has 120 valence electrons. The van der Waals surface area contributed by atoms with Crippen LogP contribution in [0.4, 0.5) is 5.69 Å². The van der Waals surface area contributed by atoms with Gasteiger partial charge in [0.05, 0.1) is 25.0 Å². The van der Waals surface area contributed by atoms with Crippen LogP contribution in [0, 0.1) is 5.92 Å². The predicted octanol–water partition coefficient (Wildman–Crippen LogP) is 3.28. The van der Waals surface area contributed by atoms with Crippen LogP contribution in [-0.4, -0.2) is 30.0 Å². The summed E-state index contributed by atoms with van der Waals surface area (Å²) in [6.07, 6.45) is 6.53. The van der Waals surface area contributed by atoms with Gasteiger partial charge in [-0.1, -0.05) is 33.1 Å². The highest BCUT2D eigenvalue weighted by Crippen LogP contribution is 2.19. The number of rotatable bonds is 10. The summed E-state index contributed by atoms with van der Waals surface area (Å²) in [6.45, 7) is 6.22. The van der Waals surface area contributed by atoms with Crippen LogP contribution in [0.25, 0.3) is 0 Å². The number of hydrogen-bond acceptors (Lipinski definition) is 4. The Hall–Kier alpha value is -0.880. The molecule has 1 unspecified atom stereocenters. The summed E-state index contributed by atoms with van der Waals surface area (Å²) in [7, 11) is 1.61. The SMILES string of the molecule is CCCCC(CC)CNc1cnn(CCOC)c(=O)c1Br. The molecule has 5 nitrogen and oxygen atoms in total. The molecule has 0 amide bonds. The molecule has 0 saturated carbocycles. The first kappa shape index (κ1) is 18.2. The fourth-order valence-electron chi connectivity index (χ4n) is 2.12. The minimum Gasteiger partial charge on any atom is -0.383 e. The van der Waals surface area contributed by atoms with Crippen molar-refractivity contribution >= 4 is 21.6 Å². The first-order valence-electron chi connectivity index (χ1n) is 7.62. The third-order valence-electron chi connectivity index (χ3n) is 3.62. The largest absolute Gasteiger partial charge is 0.383 e. The molecule has 6 heteroatoms. The minimum atomic E-state index is -0.126. The molecule has 0 bridgehead atoms. The van der Waals surface area contributed by atoms with Gasteiger partial charge in [0.1, 0.15) is 4.47 Å². The van der Waals surface area contributed by atoms with E-state index in [-0.39, 0.29) is 5.56 Å². The lowest BCUT2D eigenvalue weighted by Gasteiger charge is -2.17. The van der Waals surface area contributed by atoms with Crippen molar-refractivity contribution in [3.05, 3.63) is 21.0 Å². The van der Waals surface area contributed by atoms with Crippen LogP contribution < -0.4 is 10.9 Å². The molecule has 1 atom stereocenters. The fourth-order valence-corrected chi connectivity index (χ4v) is 2.57. The molecule has 0 fully saturated rings. The highest BCUT2D eigenvalue weighted by molar-refractivity contribution is 9.10. The second kappa shape index (κ2) is 9.95. The highest BCUT2D eigenvalue weighted by atomic mass is 79.9. The van der Waals surface area contributed by atoms with Gasteiger partial charge in [0.2, 0.25) is 0 Å². The molecule has 1 heterocycles. The van der Waals surface area contributed by atoms with E-state index >= 15 is 0 Å². The summed E-state index contributed by atoms with van der Waals surface area (Å²) in [5.41, 5.74) is 0.641. The molecule has 1 rings (SSSR count). The molecule has 0 saturated heterocycles. The smallest absolute Gasteiger partial charge is 0.283 e. The third-order valence-corrected chi connectivity index (χ3v) is 4.38. The molecule has 0 aliphatic carbocycles. The zero-order valence-electron chi connectivity index (χ0n) is 13.2. The van der Waals surface area contributed by atoms with Crippen molar-refractivity contribution in [2.45, 2.75) is 46.1 Å². The molecule has 0 radical (unpaired) electrons. The fraction of sp³-hybridized carbons (Fsp3) is 0.733. The standard InChI is InChI=1S/C15H26BrN3O2/c1-4-6-7-12(5-2)10-17-13-11-18-19(8-9-21-3)15(20)14(13)16/h11-12,17H,4-10H2,1-3H3. The highest BCUT2D eigenvalue weighted by Gasteiger charge is 2.11. The number of ether oxygens (including phenoxy) is 1. The van der Waals surface area contributed by atoms with Gasteiger partial charge < -0.3 is 10.1 Å². The summed E-state index contributed by atoms with van der Waals surface area (Å²) in [5.74, 6) is 0.632. The molecule has 0 aliphatic heterocycles. The predicted molar refractivity (Wildman–Crippen MR) is 89.9 cm³/mol. The molecule has 21 heavy (non-hydrogen) atoms. The Morgan fingerprint density at radius 1 is 1.48 bits per heavy atom. The van der Waals surface area contributed by atoms with Crippen molar-refractivity contribution < 1.29 is 4.74 Å². The van der Waals surface area contributed by atoms with Gasteiger partial charge in [-0.25, -0.2) is 4.68 Å². The quantitative estimate of drug-likeness (QED) is 0.696. The Morgan fingerprint density at radius 3 is 2.86 bits per heavy atom. The normalized spacial score (nSPS) is 12.4. The molecule has 0 spiro atoms. The lowest BCUT2D eigenvalue weighted by molar-refractivity contribution is 0.181. The zero-order valence-corrected chi connectivity index (χ0v) is 14.8. The number of halogens is 1. The van der Waals surface area contributed by atoms with Crippen molar-refractivity contribution in [3.63, 3.8) is 0 Å². The molecular weight excluding hydrogens is 334 g/mol. The van der Waals surface area contributed by atoms with Crippen LogP contribution in [0.3, 0.4) is 0 Å². The van der Waals surface area contributed by atoms with Gasteiger partial charge in [-0.05, 0) is 28.3 Å². The Bertz CT molecular complexity index is 476. The van der Waals surface area contributed by atoms with E-state index in [1.807, 2.05) is 0 Å². The number of methoxy groups -OCH3 is 1. The molecule has 1 aromatic rings. The van der Waals surface area contributed by atoms with Crippen molar-refractivity contribution in [1.82, 2.24) is 9.78 Å². The van der Waals surface area contributed by atoms with E-state index in [9.17, 15) is 4.79 Å². The third kappa shape index (κ3) is 5.79. The molecule has 0 aliphatic rings. The number of unbranched alkanes of at least 4 members (excludes halogenated alkanes) is 1. The van der Waals surface area contributed by atoms with E-state index in [4.69, 9.17) is 4.74 Å². The van der Waals surface area contributed by atoms with E-state index < -0.39 is 0 Å². The van der Waals surface area contributed by atoms with Gasteiger partial charge in [-0.3, -0.25) is 4.79 Å². The minimum absolute atomic E-state index is 0.126. The summed E-state index contributed by atoms with van der Waals surface area (Å²) < 4.78 is 6.92. The van der Waals surface area contributed by atoms with Crippen LogP contribution in [0.1, 0.15) is 39.5 Å². The van der Waals surface area contributed by atoms with Crippen LogP contribution in [-0.2, 0) is 11.3 Å². The van der Waals surface area contributed by atoms with E-state index in [1.165, 1.54) is 23.9 Å². The summed E-state index contributed by atoms with van der Waals surface area (Å²) >= 11 is 3.37. The van der Waals surface area contributed by atoms with Crippen LogP contribution in [0.5, 0.6) is 0 Å². The summed E-state index contributed by atoms with van der Waals surface area (Å²) in [5, 5.41) is 7.52. The first-order valence-corrected chi connectivity index (χ1v) is 8.41. The van der Waals surface area contributed by atoms with Crippen LogP contribution >= 0.6 is 15.9 Å². The first-order chi connectivity index (χ1) is 10.1. The van der Waals surface area contributed by atoms with Gasteiger partial charge in [0, 0.05) is 13.7 Å². The van der Waals surface area contributed by atoms with Gasteiger partial charge in [0.25, 0.3) is 5.56 Å². The van der Waals surface area contributed by atoms with E-state index in [0.717, 1.165) is 18.7 Å². The second-order valence-electron chi connectivity index (χ2n) is 5.19. The Kier molecular flexibility index (Phi) is 8.61. The van der Waals surface area contributed by atoms with Gasteiger partial charge >= 0.3 is 0 Å². The number of anilines is 1. The topological polar surface area (TPSA) is 56.1 Å². The van der Waals surface area contributed by atoms with Crippen molar-refractivity contribution in [2.24, 2.45) is 5.92 Å². The molecule has 1 aromatic heterocycles. The maximum absolute atomic E-state index is 12.1. The maximum Gasteiger partial charge on any atom is 0.283 e. The van der Waals surface area contributed by atoms with E-state index in [2.05, 4.69) is 40.2 Å². The van der Waals surface area contributed by atoms with Crippen LogP contribution in [0.15, 0.2) is 15.5 Å². The monoisotopic (exact) mass is 359 g/mol. The number of nitrogens with one attached hydrogen (secondary N) is 1. The lowest BCUT2D eigenvalue weighted by atomic mass is 9.99. The lowest BCUT2D eigenvalue weighted by Crippen LogP contribution is -2.26. The average Bonchev–Trinajstić information content (AvgIpc) is 2.50. The number of hydrogen-bond donors (Lipinski definition) is 1. The molecule has 0 aromatic carbocycles. The Balaban J connectivity index is 2.67. The number of aromatic nitrogens is 2. The van der Waals surface area contributed by atoms with Crippen molar-refractivity contribution in [1.29, 1.82) is 0 Å². The second-order valence-corrected chi connectivity index (χ2v) is 5.98. The number of nitrogens with zero attached hydrogens (tertiary/aromatic N) is 2. The van der Waals surface area contributed by atoms with E-state index in [1.54, 1.807) is 13.3 Å². The van der Waals surface area contributed by atoms with E-state index in [0.29, 0.717) is 23.5 Å². The Morgan fingerprint density at radius 2 is 2.24 bits per heavy atom. The average molecular weight is 360 g/mol. The van der Waals surface area contributed by atoms with Gasteiger partial charge in [0.15, 0.2) is 0 Å². The summed E-state index contributed by atoms with van der Waals surface area (Å²) in [6, 6.07) is 0. The molecule has 1 N–H and O–H groups in total. The van der Waals surface area contributed by atoms with Crippen LogP contribution in [0.2, 0.25) is 0 Å². The summed E-state index contributed by atoms with van der Waals surface area (Å²) in [4.78, 5) is 12.1. The van der Waals surface area contributed by atoms with Crippen molar-refractivity contribution in [3.8, 4) is 0 Å². The zero-order chi connectivity index (χ0) is 15.7. The molecular formula is C15H26BrN3O2. The Labute approximate surface area is 135 Å². The maximum atomic E-state index is 12.1. The van der Waals surface area contributed by atoms with Gasteiger partial charge in [-0.2, -0.15) is 5.10 Å².